The molecule has 0 unspecified atom stereocenters. The maximum atomic E-state index is 12.8. The van der Waals surface area contributed by atoms with Gasteiger partial charge in [0.15, 0.2) is 0 Å². The minimum Gasteiger partial charge on any atom is -0.391 e. The normalized spacial score (nSPS) is 18.7. The zero-order valence-electron chi connectivity index (χ0n) is 16.2. The molecule has 3 aromatic heterocycles. The van der Waals surface area contributed by atoms with Gasteiger partial charge in [-0.05, 0) is 59.9 Å². The molecule has 0 radical (unpaired) electrons. The van der Waals surface area contributed by atoms with Crippen LogP contribution in [-0.4, -0.2) is 33.1 Å². The van der Waals surface area contributed by atoms with Crippen molar-refractivity contribution in [1.29, 1.82) is 0 Å². The van der Waals surface area contributed by atoms with Crippen molar-refractivity contribution in [2.24, 2.45) is 0 Å². The standard InChI is InChI=1S/C23H21N3O2S2/c27-20-3-1-2-17(20)26-23(28)19-11-16(22-18(25-19)8-9-29-22)10-14-4-6-15(7-5-14)21-12-24-13-30-21/h4-9,11-13,17,20,27H,1-3,10H2,(H,26,28)/t17-,20-/m0/s1. The number of nitrogens with zero attached hydrogens (tertiary/aromatic N) is 2. The Kier molecular flexibility index (Phi) is 5.33. The number of benzene rings is 1. The summed E-state index contributed by atoms with van der Waals surface area (Å²) in [4.78, 5) is 22.7. The molecule has 1 saturated carbocycles. The number of thiazole rings is 1. The van der Waals surface area contributed by atoms with E-state index in [1.165, 1.54) is 5.56 Å². The SMILES string of the molecule is O=C(N[C@H]1CCC[C@@H]1O)c1cc(Cc2ccc(-c3cncs3)cc2)c2sccc2n1. The lowest BCUT2D eigenvalue weighted by Gasteiger charge is -2.16. The number of aliphatic hydroxyl groups is 1. The van der Waals surface area contributed by atoms with Crippen LogP contribution in [0.4, 0.5) is 0 Å². The molecule has 3 heterocycles. The molecule has 0 aliphatic heterocycles. The first-order valence-corrected chi connectivity index (χ1v) is 11.8. The van der Waals surface area contributed by atoms with Crippen LogP contribution in [0.15, 0.2) is 53.5 Å². The third-order valence-corrected chi connectivity index (χ3v) is 7.38. The highest BCUT2D eigenvalue weighted by molar-refractivity contribution is 7.17. The second-order valence-electron chi connectivity index (χ2n) is 7.62. The summed E-state index contributed by atoms with van der Waals surface area (Å²) in [6.45, 7) is 0. The van der Waals surface area contributed by atoms with Crippen molar-refractivity contribution < 1.29 is 9.90 Å². The van der Waals surface area contributed by atoms with E-state index < -0.39 is 6.10 Å². The van der Waals surface area contributed by atoms with Gasteiger partial charge in [0.2, 0.25) is 0 Å². The number of aliphatic hydroxyl groups excluding tert-OH is 1. The van der Waals surface area contributed by atoms with Crippen LogP contribution in [0.3, 0.4) is 0 Å². The molecule has 30 heavy (non-hydrogen) atoms. The molecule has 5 rings (SSSR count). The van der Waals surface area contributed by atoms with E-state index in [9.17, 15) is 9.90 Å². The Morgan fingerprint density at radius 1 is 1.17 bits per heavy atom. The summed E-state index contributed by atoms with van der Waals surface area (Å²) in [5.41, 5.74) is 6.53. The molecule has 1 aliphatic rings. The predicted molar refractivity (Wildman–Crippen MR) is 121 cm³/mol. The van der Waals surface area contributed by atoms with Gasteiger partial charge in [0.05, 0.1) is 32.8 Å². The first kappa shape index (κ1) is 19.4. The Bertz CT molecular complexity index is 1170. The van der Waals surface area contributed by atoms with Gasteiger partial charge < -0.3 is 10.4 Å². The molecular formula is C23H21N3O2S2. The Balaban J connectivity index is 1.41. The number of fused-ring (bicyclic) bond motifs is 1. The summed E-state index contributed by atoms with van der Waals surface area (Å²) in [6.07, 6.45) is 4.64. The highest BCUT2D eigenvalue weighted by Crippen LogP contribution is 2.28. The van der Waals surface area contributed by atoms with Crippen molar-refractivity contribution in [2.45, 2.75) is 37.8 Å². The van der Waals surface area contributed by atoms with Crippen LogP contribution < -0.4 is 5.32 Å². The number of nitrogens with one attached hydrogen (secondary N) is 1. The smallest absolute Gasteiger partial charge is 0.270 e. The summed E-state index contributed by atoms with van der Waals surface area (Å²) in [7, 11) is 0. The first-order valence-electron chi connectivity index (χ1n) is 10.0. The molecule has 1 fully saturated rings. The fraction of sp³-hybridized carbons (Fsp3) is 0.261. The van der Waals surface area contributed by atoms with Gasteiger partial charge in [-0.25, -0.2) is 4.98 Å². The van der Waals surface area contributed by atoms with Gasteiger partial charge in [0.25, 0.3) is 5.91 Å². The zero-order valence-corrected chi connectivity index (χ0v) is 17.9. The minimum atomic E-state index is -0.463. The van der Waals surface area contributed by atoms with Crippen LogP contribution in [0.25, 0.3) is 20.7 Å². The number of rotatable bonds is 5. The molecule has 1 amide bonds. The lowest BCUT2D eigenvalue weighted by Crippen LogP contribution is -2.40. The molecule has 2 atom stereocenters. The number of hydrogen-bond acceptors (Lipinski definition) is 6. The van der Waals surface area contributed by atoms with Crippen LogP contribution >= 0.6 is 22.7 Å². The van der Waals surface area contributed by atoms with Crippen LogP contribution in [-0.2, 0) is 6.42 Å². The fourth-order valence-electron chi connectivity index (χ4n) is 3.99. The van der Waals surface area contributed by atoms with Gasteiger partial charge in [-0.3, -0.25) is 9.78 Å². The van der Waals surface area contributed by atoms with E-state index in [-0.39, 0.29) is 11.9 Å². The number of carbonyl (C=O) groups excluding carboxylic acids is 1. The number of pyridine rings is 1. The number of amides is 1. The molecule has 152 valence electrons. The topological polar surface area (TPSA) is 75.1 Å². The van der Waals surface area contributed by atoms with Crippen molar-refractivity contribution in [3.63, 3.8) is 0 Å². The number of thiophene rings is 1. The van der Waals surface area contributed by atoms with E-state index in [2.05, 4.69) is 39.6 Å². The summed E-state index contributed by atoms with van der Waals surface area (Å²) >= 11 is 3.27. The zero-order chi connectivity index (χ0) is 20.5. The van der Waals surface area contributed by atoms with E-state index in [0.29, 0.717) is 5.69 Å². The number of carbonyl (C=O) groups is 1. The van der Waals surface area contributed by atoms with E-state index in [1.807, 2.05) is 29.2 Å². The van der Waals surface area contributed by atoms with E-state index >= 15 is 0 Å². The third-order valence-electron chi connectivity index (χ3n) is 5.58. The van der Waals surface area contributed by atoms with E-state index in [4.69, 9.17) is 0 Å². The summed E-state index contributed by atoms with van der Waals surface area (Å²) < 4.78 is 1.11. The summed E-state index contributed by atoms with van der Waals surface area (Å²) in [5.74, 6) is -0.212. The molecule has 5 nitrogen and oxygen atoms in total. The van der Waals surface area contributed by atoms with E-state index in [1.54, 1.807) is 22.7 Å². The molecule has 1 aromatic carbocycles. The first-order chi connectivity index (χ1) is 14.7. The maximum absolute atomic E-state index is 12.8. The molecule has 4 aromatic rings. The molecule has 7 heteroatoms. The lowest BCUT2D eigenvalue weighted by molar-refractivity contribution is 0.0868. The Morgan fingerprint density at radius 2 is 2.03 bits per heavy atom. The number of aromatic nitrogens is 2. The highest BCUT2D eigenvalue weighted by Gasteiger charge is 2.27. The molecule has 1 aliphatic carbocycles. The van der Waals surface area contributed by atoms with Crippen molar-refractivity contribution in [2.75, 3.05) is 0 Å². The Labute approximate surface area is 182 Å². The number of hydrogen-bond donors (Lipinski definition) is 2. The van der Waals surface area contributed by atoms with Gasteiger partial charge in [-0.1, -0.05) is 24.3 Å². The van der Waals surface area contributed by atoms with Gasteiger partial charge >= 0.3 is 0 Å². The maximum Gasteiger partial charge on any atom is 0.270 e. The second-order valence-corrected chi connectivity index (χ2v) is 9.42. The quantitative estimate of drug-likeness (QED) is 0.478. The van der Waals surface area contributed by atoms with Gasteiger partial charge in [-0.15, -0.1) is 22.7 Å². The Hall–Kier alpha value is -2.61. The largest absolute Gasteiger partial charge is 0.391 e. The molecule has 0 bridgehead atoms. The average Bonchev–Trinajstić information content (AvgIpc) is 3.51. The average molecular weight is 436 g/mol. The molecule has 0 spiro atoms. The molecule has 0 saturated heterocycles. The molecule has 2 N–H and O–H groups in total. The van der Waals surface area contributed by atoms with Crippen molar-refractivity contribution in [3.8, 4) is 10.4 Å². The lowest BCUT2D eigenvalue weighted by atomic mass is 10.0. The van der Waals surface area contributed by atoms with E-state index in [0.717, 1.165) is 51.9 Å². The summed E-state index contributed by atoms with van der Waals surface area (Å²) in [6, 6.07) is 12.2. The van der Waals surface area contributed by atoms with Crippen molar-refractivity contribution >= 4 is 38.8 Å². The van der Waals surface area contributed by atoms with Crippen molar-refractivity contribution in [1.82, 2.24) is 15.3 Å². The minimum absolute atomic E-state index is 0.180. The van der Waals surface area contributed by atoms with Crippen molar-refractivity contribution in [3.05, 3.63) is 70.3 Å². The fourth-order valence-corrected chi connectivity index (χ4v) is 5.47. The van der Waals surface area contributed by atoms with Crippen LogP contribution in [0, 0.1) is 0 Å². The second kappa shape index (κ2) is 8.26. The van der Waals surface area contributed by atoms with Gasteiger partial charge in [-0.2, -0.15) is 0 Å². The predicted octanol–water partition coefficient (Wildman–Crippen LogP) is 4.65. The monoisotopic (exact) mass is 435 g/mol. The van der Waals surface area contributed by atoms with Gasteiger partial charge in [0, 0.05) is 6.20 Å². The summed E-state index contributed by atoms with van der Waals surface area (Å²) in [5, 5.41) is 15.0. The highest BCUT2D eigenvalue weighted by atomic mass is 32.1. The van der Waals surface area contributed by atoms with Crippen LogP contribution in [0.5, 0.6) is 0 Å². The van der Waals surface area contributed by atoms with Gasteiger partial charge in [0.1, 0.15) is 5.69 Å². The molecular weight excluding hydrogens is 414 g/mol. The van der Waals surface area contributed by atoms with Crippen LogP contribution in [0.2, 0.25) is 0 Å². The Morgan fingerprint density at radius 3 is 2.77 bits per heavy atom. The third kappa shape index (κ3) is 3.88. The van der Waals surface area contributed by atoms with Crippen LogP contribution in [0.1, 0.15) is 40.9 Å².